The van der Waals surface area contributed by atoms with E-state index in [1.54, 1.807) is 12.1 Å². The van der Waals surface area contributed by atoms with Crippen LogP contribution >= 0.6 is 0 Å². The van der Waals surface area contributed by atoms with E-state index < -0.39 is 5.97 Å². The summed E-state index contributed by atoms with van der Waals surface area (Å²) in [6.07, 6.45) is 0. The Bertz CT molecular complexity index is 1360. The van der Waals surface area contributed by atoms with E-state index >= 15 is 0 Å². The standard InChI is InChI=1S/C28H30N2O3.Mo.4H2O/c1-5-29(6-2)19-13-15-23-25(17-19)33-26-18-20(30(7-3)8-4)14-16-24(26)27(23)21-11-9-10-12-22(21)28(31)32;;;;;/h9-18H,5-8H2,1-4H3;;4*1H2/p-1. The smallest absolute Gasteiger partial charge is 0.203 e. The summed E-state index contributed by atoms with van der Waals surface area (Å²) in [4.78, 5) is 14.2. The third kappa shape index (κ3) is 6.86. The minimum atomic E-state index is -1.19. The summed E-state index contributed by atoms with van der Waals surface area (Å²) in [6.45, 7) is 12.1. The summed E-state index contributed by atoms with van der Waals surface area (Å²) in [6, 6.07) is 19.3. The van der Waals surface area contributed by atoms with Gasteiger partial charge in [-0.05, 0) is 51.5 Å². The molecule has 2 aromatic carbocycles. The van der Waals surface area contributed by atoms with Crippen molar-refractivity contribution in [3.05, 3.63) is 71.6 Å². The SMILES string of the molecule is CCN(CC)c1ccc2c(-c3ccccc3C(=O)[O-])c3ccc(=[N+](CC)CC)cc-3oc2c1.O.O.O.[Mo].[OH-]. The van der Waals surface area contributed by atoms with Gasteiger partial charge in [0, 0.05) is 74.1 Å². The summed E-state index contributed by atoms with van der Waals surface area (Å²) < 4.78 is 8.72. The number of hydrogen-bond acceptors (Lipinski definition) is 5. The number of carbonyl (C=O) groups is 1. The molecule has 0 aromatic heterocycles. The van der Waals surface area contributed by atoms with Crippen molar-refractivity contribution < 1.29 is 57.3 Å². The van der Waals surface area contributed by atoms with Gasteiger partial charge in [0.1, 0.15) is 24.4 Å². The first-order chi connectivity index (χ1) is 16.0. The van der Waals surface area contributed by atoms with Gasteiger partial charge in [0.15, 0.2) is 0 Å². The molecule has 0 saturated carbocycles. The number of benzene rings is 3. The van der Waals surface area contributed by atoms with Gasteiger partial charge in [-0.1, -0.05) is 24.3 Å². The topological polar surface area (TPSA) is 184 Å². The van der Waals surface area contributed by atoms with E-state index in [0.29, 0.717) is 5.56 Å². The van der Waals surface area contributed by atoms with Crippen LogP contribution in [0.4, 0.5) is 5.69 Å². The van der Waals surface area contributed by atoms with Crippen LogP contribution in [0.25, 0.3) is 33.4 Å². The maximum Gasteiger partial charge on any atom is 0.203 e. The van der Waals surface area contributed by atoms with Crippen molar-refractivity contribution in [3.8, 4) is 22.5 Å². The predicted molar refractivity (Wildman–Crippen MR) is 145 cm³/mol. The van der Waals surface area contributed by atoms with E-state index in [2.05, 4.69) is 61.4 Å². The van der Waals surface area contributed by atoms with Crippen LogP contribution in [0, 0.1) is 0 Å². The van der Waals surface area contributed by atoms with Crippen LogP contribution in [0.15, 0.2) is 65.1 Å². The van der Waals surface area contributed by atoms with Crippen LogP contribution in [0.5, 0.6) is 0 Å². The molecule has 10 heteroatoms. The molecule has 0 saturated heterocycles. The van der Waals surface area contributed by atoms with Gasteiger partial charge in [-0.15, -0.1) is 0 Å². The van der Waals surface area contributed by atoms with Gasteiger partial charge in [-0.3, -0.25) is 0 Å². The molecule has 0 unspecified atom stereocenters. The Labute approximate surface area is 236 Å². The van der Waals surface area contributed by atoms with Crippen LogP contribution in [0.2, 0.25) is 0 Å². The molecule has 7 N–H and O–H groups in total. The number of nitrogens with zero attached hydrogens (tertiary/aromatic N) is 2. The van der Waals surface area contributed by atoms with Gasteiger partial charge >= 0.3 is 0 Å². The first-order valence-electron chi connectivity index (χ1n) is 11.7. The number of carbonyl (C=O) groups excluding carboxylic acids is 1. The zero-order chi connectivity index (χ0) is 23.5. The van der Waals surface area contributed by atoms with Gasteiger partial charge in [-0.25, -0.2) is 4.58 Å². The number of anilines is 1. The van der Waals surface area contributed by atoms with Gasteiger partial charge in [-0.2, -0.15) is 0 Å². The zero-order valence-electron chi connectivity index (χ0n) is 22.1. The summed E-state index contributed by atoms with van der Waals surface area (Å²) in [5.41, 5.74) is 4.34. The van der Waals surface area contributed by atoms with Crippen molar-refractivity contribution in [2.75, 3.05) is 31.1 Å². The Morgan fingerprint density at radius 3 is 2.08 bits per heavy atom. The van der Waals surface area contributed by atoms with E-state index in [1.165, 1.54) is 0 Å². The molecule has 4 rings (SSSR count). The average Bonchev–Trinajstić information content (AvgIpc) is 2.84. The summed E-state index contributed by atoms with van der Waals surface area (Å²) in [7, 11) is 0. The Morgan fingerprint density at radius 1 is 0.868 bits per heavy atom. The molecule has 0 spiro atoms. The summed E-state index contributed by atoms with van der Waals surface area (Å²) in [5, 5.41) is 13.9. The fourth-order valence-corrected chi connectivity index (χ4v) is 4.61. The van der Waals surface area contributed by atoms with Crippen molar-refractivity contribution in [1.29, 1.82) is 0 Å². The largest absolute Gasteiger partial charge is 0.870 e. The Balaban J connectivity index is 0. The van der Waals surface area contributed by atoms with Crippen molar-refractivity contribution in [3.63, 3.8) is 0 Å². The van der Waals surface area contributed by atoms with E-state index in [4.69, 9.17) is 4.42 Å². The minimum absolute atomic E-state index is 0. The molecular formula is C28H37MoN2O7-. The Morgan fingerprint density at radius 2 is 1.50 bits per heavy atom. The average molecular weight is 610 g/mol. The molecule has 38 heavy (non-hydrogen) atoms. The first kappa shape index (κ1) is 37.1. The van der Waals surface area contributed by atoms with Crippen LogP contribution in [-0.4, -0.2) is 54.1 Å². The number of rotatable bonds is 7. The number of fused-ring (bicyclic) bond motifs is 2. The van der Waals surface area contributed by atoms with E-state index in [-0.39, 0.29) is 48.5 Å². The zero-order valence-corrected chi connectivity index (χ0v) is 24.1. The predicted octanol–water partition coefficient (Wildman–Crippen LogP) is 1.57. The number of carboxylic acids is 1. The van der Waals surface area contributed by atoms with E-state index in [9.17, 15) is 9.90 Å². The fourth-order valence-electron chi connectivity index (χ4n) is 4.61. The quantitative estimate of drug-likeness (QED) is 0.175. The van der Waals surface area contributed by atoms with Gasteiger partial charge < -0.3 is 41.1 Å². The number of aromatic carboxylic acids is 1. The van der Waals surface area contributed by atoms with E-state index in [1.807, 2.05) is 24.3 Å². The second-order valence-corrected chi connectivity index (χ2v) is 8.02. The molecule has 0 atom stereocenters. The molecule has 0 amide bonds. The monoisotopic (exact) mass is 611 g/mol. The van der Waals surface area contributed by atoms with E-state index in [0.717, 1.165) is 65.1 Å². The molecule has 0 fully saturated rings. The fraction of sp³-hybridized carbons (Fsp3) is 0.286. The van der Waals surface area contributed by atoms with Gasteiger partial charge in [0.2, 0.25) is 5.36 Å². The maximum atomic E-state index is 12.0. The second kappa shape index (κ2) is 16.0. The molecule has 0 bridgehead atoms. The third-order valence-electron chi connectivity index (χ3n) is 6.36. The molecule has 208 valence electrons. The summed E-state index contributed by atoms with van der Waals surface area (Å²) in [5.74, 6) is -0.459. The molecular weight excluding hydrogens is 572 g/mol. The molecule has 0 radical (unpaired) electrons. The van der Waals surface area contributed by atoms with Crippen molar-refractivity contribution in [2.24, 2.45) is 0 Å². The van der Waals surface area contributed by atoms with Gasteiger partial charge in [0.05, 0.1) is 12.0 Å². The second-order valence-electron chi connectivity index (χ2n) is 8.02. The molecule has 2 aliphatic rings. The van der Waals surface area contributed by atoms with Crippen LogP contribution < -0.4 is 19.9 Å². The maximum absolute atomic E-state index is 12.0. The normalized spacial score (nSPS) is 9.68. The molecule has 1 aliphatic heterocycles. The molecule has 1 aliphatic carbocycles. The Hall–Kier alpha value is -3.07. The van der Waals surface area contributed by atoms with Crippen molar-refractivity contribution >= 4 is 22.6 Å². The Kier molecular flexibility index (Phi) is 15.6. The van der Waals surface area contributed by atoms with Crippen molar-refractivity contribution in [2.45, 2.75) is 27.7 Å². The van der Waals surface area contributed by atoms with Crippen molar-refractivity contribution in [1.82, 2.24) is 4.58 Å². The molecule has 2 aromatic rings. The third-order valence-corrected chi connectivity index (χ3v) is 6.36. The van der Waals surface area contributed by atoms with Crippen LogP contribution in [0.1, 0.15) is 38.1 Å². The molecule has 1 heterocycles. The number of carboxylic acid groups (broad SMARTS) is 1. The van der Waals surface area contributed by atoms with Crippen LogP contribution in [-0.2, 0) is 21.1 Å². The summed E-state index contributed by atoms with van der Waals surface area (Å²) >= 11 is 0. The first-order valence-corrected chi connectivity index (χ1v) is 11.7. The molecule has 9 nitrogen and oxygen atoms in total. The number of hydrogen-bond donors (Lipinski definition) is 0. The van der Waals surface area contributed by atoms with Crippen LogP contribution in [0.3, 0.4) is 0 Å². The minimum Gasteiger partial charge on any atom is -0.870 e. The van der Waals surface area contributed by atoms with Gasteiger partial charge in [0.25, 0.3) is 0 Å².